The van der Waals surface area contributed by atoms with Crippen molar-refractivity contribution in [3.63, 3.8) is 0 Å². The highest BCUT2D eigenvalue weighted by Gasteiger charge is 2.18. The van der Waals surface area contributed by atoms with E-state index in [0.29, 0.717) is 5.01 Å². The molecule has 0 saturated heterocycles. The summed E-state index contributed by atoms with van der Waals surface area (Å²) in [7, 11) is 0. The second-order valence-electron chi connectivity index (χ2n) is 3.09. The first-order valence-corrected chi connectivity index (χ1v) is 6.13. The summed E-state index contributed by atoms with van der Waals surface area (Å²) in [5.74, 6) is -1.18. The van der Waals surface area contributed by atoms with Crippen LogP contribution in [0.2, 0.25) is 0 Å². The third-order valence-corrected chi connectivity index (χ3v) is 3.72. The molecule has 0 bridgehead atoms. The fourth-order valence-electron chi connectivity index (χ4n) is 1.29. The average molecular weight is 309 g/mol. The first-order valence-electron chi connectivity index (χ1n) is 4.52. The summed E-state index contributed by atoms with van der Waals surface area (Å²) in [6.45, 7) is 0. The van der Waals surface area contributed by atoms with Gasteiger partial charge in [-0.05, 0) is 6.07 Å². The maximum absolute atomic E-state index is 10.9. The molecular weight excluding hydrogens is 304 g/mol. The second kappa shape index (κ2) is 4.65. The van der Waals surface area contributed by atoms with Gasteiger partial charge in [0.25, 0.3) is 0 Å². The van der Waals surface area contributed by atoms with E-state index < -0.39 is 5.97 Å². The summed E-state index contributed by atoms with van der Waals surface area (Å²) in [5, 5.41) is 18.3. The topological polar surface area (TPSA) is 74.0 Å². The molecule has 0 spiro atoms. The number of nitriles is 1. The molecule has 0 atom stereocenters. The molecule has 1 heterocycles. The lowest BCUT2D eigenvalue weighted by atomic mass is 10.2. The summed E-state index contributed by atoms with van der Waals surface area (Å²) >= 11 is 4.43. The predicted octanol–water partition coefficient (Wildman–Crippen LogP) is 3.14. The van der Waals surface area contributed by atoms with E-state index >= 15 is 0 Å². The van der Waals surface area contributed by atoms with Crippen LogP contribution in [-0.4, -0.2) is 16.1 Å². The Bertz CT molecular complexity index is 631. The van der Waals surface area contributed by atoms with Gasteiger partial charge >= 0.3 is 5.97 Å². The van der Waals surface area contributed by atoms with Crippen LogP contribution < -0.4 is 0 Å². The van der Waals surface area contributed by atoms with Crippen molar-refractivity contribution < 1.29 is 9.90 Å². The SMILES string of the molecule is N#Cc1sc(-c2ccccc2Br)nc1C(=O)O. The van der Waals surface area contributed by atoms with E-state index in [2.05, 4.69) is 20.9 Å². The maximum Gasteiger partial charge on any atom is 0.356 e. The van der Waals surface area contributed by atoms with Crippen LogP contribution in [0, 0.1) is 11.3 Å². The molecule has 0 fully saturated rings. The minimum absolute atomic E-state index is 0.114. The number of aromatic carboxylic acids is 1. The van der Waals surface area contributed by atoms with E-state index in [1.807, 2.05) is 30.3 Å². The smallest absolute Gasteiger partial charge is 0.356 e. The van der Waals surface area contributed by atoms with E-state index in [1.165, 1.54) is 0 Å². The number of carboxylic acid groups (broad SMARTS) is 1. The van der Waals surface area contributed by atoms with E-state index in [9.17, 15) is 4.79 Å². The van der Waals surface area contributed by atoms with Crippen LogP contribution in [0.25, 0.3) is 10.6 Å². The van der Waals surface area contributed by atoms with Gasteiger partial charge < -0.3 is 5.11 Å². The largest absolute Gasteiger partial charge is 0.476 e. The van der Waals surface area contributed by atoms with Gasteiger partial charge in [-0.1, -0.05) is 34.1 Å². The predicted molar refractivity (Wildman–Crippen MR) is 66.9 cm³/mol. The van der Waals surface area contributed by atoms with Crippen LogP contribution in [-0.2, 0) is 0 Å². The van der Waals surface area contributed by atoms with Crippen LogP contribution in [0.4, 0.5) is 0 Å². The summed E-state index contributed by atoms with van der Waals surface area (Å²) < 4.78 is 0.815. The number of hydrogen-bond donors (Lipinski definition) is 1. The molecule has 84 valence electrons. The number of rotatable bonds is 2. The van der Waals surface area contributed by atoms with Crippen LogP contribution in [0.1, 0.15) is 15.4 Å². The zero-order chi connectivity index (χ0) is 12.4. The molecule has 0 radical (unpaired) electrons. The number of halogens is 1. The maximum atomic E-state index is 10.9. The van der Waals surface area contributed by atoms with Crippen LogP contribution in [0.5, 0.6) is 0 Å². The van der Waals surface area contributed by atoms with Crippen molar-refractivity contribution in [2.24, 2.45) is 0 Å². The lowest BCUT2D eigenvalue weighted by Crippen LogP contribution is -1.98. The zero-order valence-electron chi connectivity index (χ0n) is 8.35. The Morgan fingerprint density at radius 2 is 2.18 bits per heavy atom. The summed E-state index contributed by atoms with van der Waals surface area (Å²) in [5.41, 5.74) is 0.588. The summed E-state index contributed by atoms with van der Waals surface area (Å²) in [6, 6.07) is 9.18. The molecule has 0 aliphatic heterocycles. The quantitative estimate of drug-likeness (QED) is 0.925. The van der Waals surface area contributed by atoms with Crippen LogP contribution >= 0.6 is 27.3 Å². The van der Waals surface area contributed by atoms with Gasteiger partial charge in [0.1, 0.15) is 16.0 Å². The number of thiazole rings is 1. The Morgan fingerprint density at radius 1 is 1.47 bits per heavy atom. The molecule has 1 N–H and O–H groups in total. The van der Waals surface area contributed by atoms with Crippen molar-refractivity contribution in [2.45, 2.75) is 0 Å². The number of benzene rings is 1. The van der Waals surface area contributed by atoms with Crippen LogP contribution in [0.15, 0.2) is 28.7 Å². The number of nitrogens with zero attached hydrogens (tertiary/aromatic N) is 2. The molecule has 4 nitrogen and oxygen atoms in total. The van der Waals surface area contributed by atoms with Gasteiger partial charge in [0.2, 0.25) is 0 Å². The number of hydrogen-bond acceptors (Lipinski definition) is 4. The molecule has 6 heteroatoms. The third kappa shape index (κ3) is 2.20. The van der Waals surface area contributed by atoms with Crippen molar-refractivity contribution >= 4 is 33.2 Å². The third-order valence-electron chi connectivity index (χ3n) is 2.04. The van der Waals surface area contributed by atoms with Crippen molar-refractivity contribution in [3.8, 4) is 16.6 Å². The standard InChI is InChI=1S/C11H5BrN2O2S/c12-7-4-2-1-3-6(7)10-14-9(11(15)16)8(5-13)17-10/h1-4H,(H,15,16). The highest BCUT2D eigenvalue weighted by Crippen LogP contribution is 2.32. The number of carbonyl (C=O) groups is 1. The molecule has 0 aliphatic rings. The Hall–Kier alpha value is -1.71. The first-order chi connectivity index (χ1) is 8.13. The normalized spacial score (nSPS) is 9.88. The van der Waals surface area contributed by atoms with Crippen molar-refractivity contribution in [1.82, 2.24) is 4.98 Å². The van der Waals surface area contributed by atoms with E-state index in [1.54, 1.807) is 0 Å². The van der Waals surface area contributed by atoms with Gasteiger partial charge in [-0.15, -0.1) is 11.3 Å². The minimum Gasteiger partial charge on any atom is -0.476 e. The molecule has 0 amide bonds. The van der Waals surface area contributed by atoms with Gasteiger partial charge in [-0.25, -0.2) is 9.78 Å². The molecular formula is C11H5BrN2O2S. The van der Waals surface area contributed by atoms with E-state index in [4.69, 9.17) is 10.4 Å². The molecule has 0 saturated carbocycles. The van der Waals surface area contributed by atoms with Crippen molar-refractivity contribution in [2.75, 3.05) is 0 Å². The first kappa shape index (κ1) is 11.8. The Morgan fingerprint density at radius 3 is 2.71 bits per heavy atom. The highest BCUT2D eigenvalue weighted by atomic mass is 79.9. The molecule has 2 aromatic rings. The molecule has 2 rings (SSSR count). The monoisotopic (exact) mass is 308 g/mol. The fourth-order valence-corrected chi connectivity index (χ4v) is 2.79. The Balaban J connectivity index is 2.59. The highest BCUT2D eigenvalue weighted by molar-refractivity contribution is 9.10. The van der Waals surface area contributed by atoms with E-state index in [0.717, 1.165) is 21.4 Å². The Kier molecular flexibility index (Phi) is 3.22. The lowest BCUT2D eigenvalue weighted by Gasteiger charge is -1.98. The van der Waals surface area contributed by atoms with Crippen molar-refractivity contribution in [3.05, 3.63) is 39.3 Å². The Labute approximate surface area is 109 Å². The van der Waals surface area contributed by atoms with Gasteiger partial charge in [0, 0.05) is 10.0 Å². The molecule has 0 aliphatic carbocycles. The summed E-state index contributed by atoms with van der Waals surface area (Å²) in [4.78, 5) is 15.0. The minimum atomic E-state index is -1.18. The average Bonchev–Trinajstić information content (AvgIpc) is 2.73. The summed E-state index contributed by atoms with van der Waals surface area (Å²) in [6.07, 6.45) is 0. The molecule has 1 aromatic heterocycles. The van der Waals surface area contributed by atoms with Crippen LogP contribution in [0.3, 0.4) is 0 Å². The van der Waals surface area contributed by atoms with Gasteiger partial charge in [0.05, 0.1) is 0 Å². The fraction of sp³-hybridized carbons (Fsp3) is 0. The van der Waals surface area contributed by atoms with E-state index in [-0.39, 0.29) is 10.6 Å². The zero-order valence-corrected chi connectivity index (χ0v) is 10.7. The van der Waals surface area contributed by atoms with Gasteiger partial charge in [-0.3, -0.25) is 0 Å². The number of aromatic nitrogens is 1. The molecule has 17 heavy (non-hydrogen) atoms. The van der Waals surface area contributed by atoms with Gasteiger partial charge in [0.15, 0.2) is 5.69 Å². The van der Waals surface area contributed by atoms with Gasteiger partial charge in [-0.2, -0.15) is 5.26 Å². The second-order valence-corrected chi connectivity index (χ2v) is 4.95. The lowest BCUT2D eigenvalue weighted by molar-refractivity contribution is 0.0691. The molecule has 0 unspecified atom stereocenters. The molecule has 1 aromatic carbocycles. The van der Waals surface area contributed by atoms with Crippen molar-refractivity contribution in [1.29, 1.82) is 5.26 Å². The number of carboxylic acids is 1.